The molecule has 182 valence electrons. The van der Waals surface area contributed by atoms with E-state index in [1.54, 1.807) is 43.1 Å². The first-order valence-corrected chi connectivity index (χ1v) is 11.8. The third-order valence-electron chi connectivity index (χ3n) is 6.81. The Hall–Kier alpha value is -4.35. The second-order valence-electron chi connectivity index (χ2n) is 9.41. The Morgan fingerprint density at radius 1 is 1.14 bits per heavy atom. The molecule has 0 spiro atoms. The lowest BCUT2D eigenvalue weighted by molar-refractivity contribution is 0.282. The summed E-state index contributed by atoms with van der Waals surface area (Å²) in [4.78, 5) is 27.5. The van der Waals surface area contributed by atoms with E-state index in [2.05, 4.69) is 12.3 Å². The zero-order valence-corrected chi connectivity index (χ0v) is 20.2. The van der Waals surface area contributed by atoms with Crippen molar-refractivity contribution in [3.8, 4) is 23.0 Å². The van der Waals surface area contributed by atoms with Gasteiger partial charge in [0, 0.05) is 42.5 Å². The highest BCUT2D eigenvalue weighted by molar-refractivity contribution is 5.84. The quantitative estimate of drug-likeness (QED) is 0.323. The fraction of sp³-hybridized carbons (Fsp3) is 0.250. The maximum Gasteiger partial charge on any atom is 0.273 e. The number of benzene rings is 2. The monoisotopic (exact) mass is 481 g/mol. The molecule has 4 aromatic rings. The molecule has 2 heterocycles. The fourth-order valence-corrected chi connectivity index (χ4v) is 4.83. The van der Waals surface area contributed by atoms with Gasteiger partial charge < -0.3 is 20.3 Å². The van der Waals surface area contributed by atoms with Crippen molar-refractivity contribution in [2.45, 2.75) is 31.9 Å². The van der Waals surface area contributed by atoms with Crippen molar-refractivity contribution in [3.05, 3.63) is 92.3 Å². The van der Waals surface area contributed by atoms with Crippen molar-refractivity contribution in [1.82, 2.24) is 14.0 Å². The third kappa shape index (κ3) is 4.04. The predicted molar refractivity (Wildman–Crippen MR) is 140 cm³/mol. The van der Waals surface area contributed by atoms with Crippen LogP contribution in [0.1, 0.15) is 35.6 Å². The molecule has 0 unspecified atom stereocenters. The second kappa shape index (κ2) is 9.02. The molecule has 2 aromatic carbocycles. The number of fused-ring (bicyclic) bond motifs is 1. The minimum Gasteiger partial charge on any atom is -0.394 e. The number of anilines is 1. The first-order chi connectivity index (χ1) is 17.3. The molecule has 0 saturated heterocycles. The van der Waals surface area contributed by atoms with Crippen molar-refractivity contribution in [3.63, 3.8) is 0 Å². The Balaban J connectivity index is 1.78. The lowest BCUT2D eigenvalue weighted by Gasteiger charge is -2.21. The normalized spacial score (nSPS) is 13.1. The first-order valence-electron chi connectivity index (χ1n) is 11.8. The summed E-state index contributed by atoms with van der Waals surface area (Å²) in [5.74, 6) is 0.550. The van der Waals surface area contributed by atoms with E-state index in [9.17, 15) is 20.0 Å². The summed E-state index contributed by atoms with van der Waals surface area (Å²) in [5, 5.41) is 21.3. The van der Waals surface area contributed by atoms with Crippen LogP contribution in [0.25, 0.3) is 27.6 Å². The summed E-state index contributed by atoms with van der Waals surface area (Å²) < 4.78 is 2.97. The van der Waals surface area contributed by atoms with Crippen LogP contribution in [0.4, 0.5) is 5.69 Å². The van der Waals surface area contributed by atoms with Crippen molar-refractivity contribution in [1.29, 1.82) is 5.26 Å². The van der Waals surface area contributed by atoms with Gasteiger partial charge in [-0.25, -0.2) is 0 Å². The van der Waals surface area contributed by atoms with Crippen molar-refractivity contribution in [2.24, 2.45) is 7.05 Å². The summed E-state index contributed by atoms with van der Waals surface area (Å²) in [6.45, 7) is -0.121. The largest absolute Gasteiger partial charge is 0.394 e. The molecule has 0 atom stereocenters. The first kappa shape index (κ1) is 23.4. The van der Waals surface area contributed by atoms with Crippen LogP contribution in [-0.2, 0) is 20.2 Å². The van der Waals surface area contributed by atoms with Crippen LogP contribution in [-0.4, -0.2) is 26.2 Å². The van der Waals surface area contributed by atoms with Crippen molar-refractivity contribution in [2.75, 3.05) is 12.8 Å². The molecule has 0 radical (unpaired) electrons. The van der Waals surface area contributed by atoms with Crippen molar-refractivity contribution >= 4 is 16.5 Å². The molecule has 1 saturated carbocycles. The molecule has 2 aromatic heterocycles. The molecule has 0 amide bonds. The number of aliphatic hydroxyl groups excluding tert-OH is 1. The number of nitrogens with zero attached hydrogens (tertiary/aromatic N) is 4. The molecular formula is C28H27N5O3. The molecule has 0 bridgehead atoms. The number of nitrogens with two attached hydrogens (primary N) is 1. The minimum atomic E-state index is -0.340. The highest BCUT2D eigenvalue weighted by atomic mass is 16.3. The van der Waals surface area contributed by atoms with Gasteiger partial charge in [0.15, 0.2) is 6.19 Å². The average Bonchev–Trinajstić information content (AvgIpc) is 3.72. The number of nitriles is 1. The van der Waals surface area contributed by atoms with Gasteiger partial charge >= 0.3 is 0 Å². The summed E-state index contributed by atoms with van der Waals surface area (Å²) in [6.07, 6.45) is 6.08. The van der Waals surface area contributed by atoms with Crippen LogP contribution in [0.2, 0.25) is 0 Å². The van der Waals surface area contributed by atoms with E-state index in [1.807, 2.05) is 24.3 Å². The standard InChI is InChI=1S/C28H27N5O3/c1-31(16-29)14-21-11-19-10-18(17-6-7-17)8-9-23(19)27(35)33(21)26-5-3-4-22(24(26)15-34)20-12-25(30)28(36)32(2)13-20/h3-5,8-13,17,34H,6-7,14-15,30H2,1-2H3. The number of aromatic nitrogens is 2. The zero-order valence-electron chi connectivity index (χ0n) is 20.2. The number of aliphatic hydroxyl groups is 1. The van der Waals surface area contributed by atoms with E-state index in [0.29, 0.717) is 39.4 Å². The number of nitrogen functional groups attached to an aromatic ring is 1. The van der Waals surface area contributed by atoms with Crippen LogP contribution in [0.5, 0.6) is 0 Å². The van der Waals surface area contributed by atoms with Crippen molar-refractivity contribution < 1.29 is 5.11 Å². The minimum absolute atomic E-state index is 0.0926. The topological polar surface area (TPSA) is 117 Å². The smallest absolute Gasteiger partial charge is 0.273 e. The van der Waals surface area contributed by atoms with Crippen LogP contribution in [0.3, 0.4) is 0 Å². The molecule has 1 fully saturated rings. The number of aryl methyl sites for hydroxylation is 1. The Kier molecular flexibility index (Phi) is 5.86. The average molecular weight is 482 g/mol. The van der Waals surface area contributed by atoms with Gasteiger partial charge in [0.25, 0.3) is 11.1 Å². The molecule has 1 aliphatic carbocycles. The summed E-state index contributed by atoms with van der Waals surface area (Å²) in [6, 6.07) is 14.9. The zero-order chi connectivity index (χ0) is 25.6. The SMILES string of the molecule is CN(C#N)Cc1cc2cc(C3CC3)ccc2c(=O)n1-c1cccc(-c2cc(N)c(=O)n(C)c2)c1CO. The lowest BCUT2D eigenvalue weighted by Crippen LogP contribution is -2.26. The van der Waals surface area contributed by atoms with E-state index >= 15 is 0 Å². The van der Waals surface area contributed by atoms with Crippen LogP contribution >= 0.6 is 0 Å². The molecule has 0 aliphatic heterocycles. The molecule has 1 aliphatic rings. The highest BCUT2D eigenvalue weighted by Gasteiger charge is 2.24. The molecule has 36 heavy (non-hydrogen) atoms. The number of hydrogen-bond acceptors (Lipinski definition) is 6. The lowest BCUT2D eigenvalue weighted by atomic mass is 9.98. The van der Waals surface area contributed by atoms with Crippen LogP contribution in [0.15, 0.2) is 64.3 Å². The predicted octanol–water partition coefficient (Wildman–Crippen LogP) is 3.22. The van der Waals surface area contributed by atoms with Gasteiger partial charge in [-0.15, -0.1) is 0 Å². The molecule has 8 heteroatoms. The molecular weight excluding hydrogens is 454 g/mol. The van der Waals surface area contributed by atoms with E-state index in [1.165, 1.54) is 15.0 Å². The third-order valence-corrected chi connectivity index (χ3v) is 6.81. The van der Waals surface area contributed by atoms with Gasteiger partial charge in [0.05, 0.1) is 24.5 Å². The van der Waals surface area contributed by atoms with Gasteiger partial charge in [-0.1, -0.05) is 24.3 Å². The fourth-order valence-electron chi connectivity index (χ4n) is 4.83. The van der Waals surface area contributed by atoms with E-state index in [-0.39, 0.29) is 30.0 Å². The summed E-state index contributed by atoms with van der Waals surface area (Å²) in [5.41, 5.74) is 9.71. The van der Waals surface area contributed by atoms with E-state index in [0.717, 1.165) is 18.2 Å². The maximum atomic E-state index is 13.9. The molecule has 5 rings (SSSR count). The summed E-state index contributed by atoms with van der Waals surface area (Å²) >= 11 is 0. The van der Waals surface area contributed by atoms with E-state index in [4.69, 9.17) is 5.73 Å². The maximum absolute atomic E-state index is 13.9. The summed E-state index contributed by atoms with van der Waals surface area (Å²) in [7, 11) is 3.28. The van der Waals surface area contributed by atoms with Crippen LogP contribution in [0, 0.1) is 11.5 Å². The van der Waals surface area contributed by atoms with E-state index < -0.39 is 0 Å². The molecule has 8 nitrogen and oxygen atoms in total. The Labute approximate surface area is 208 Å². The number of rotatable bonds is 6. The van der Waals surface area contributed by atoms with Gasteiger partial charge in [0.2, 0.25) is 0 Å². The van der Waals surface area contributed by atoms with Crippen LogP contribution < -0.4 is 16.9 Å². The Morgan fingerprint density at radius 3 is 2.58 bits per heavy atom. The Bertz CT molecular complexity index is 1630. The molecule has 3 N–H and O–H groups in total. The van der Waals surface area contributed by atoms with Gasteiger partial charge in [-0.3, -0.25) is 14.2 Å². The number of pyridine rings is 2. The highest BCUT2D eigenvalue weighted by Crippen LogP contribution is 2.41. The van der Waals surface area contributed by atoms with Gasteiger partial charge in [-0.2, -0.15) is 5.26 Å². The Morgan fingerprint density at radius 2 is 1.92 bits per heavy atom. The van der Waals surface area contributed by atoms with Gasteiger partial charge in [-0.05, 0) is 59.5 Å². The number of hydrogen-bond donors (Lipinski definition) is 2. The van der Waals surface area contributed by atoms with Gasteiger partial charge in [0.1, 0.15) is 0 Å². The second-order valence-corrected chi connectivity index (χ2v) is 9.41.